The molecule has 2 saturated heterocycles. The predicted molar refractivity (Wildman–Crippen MR) is 149 cm³/mol. The molecule has 37 heavy (non-hydrogen) atoms. The number of amides is 1. The summed E-state index contributed by atoms with van der Waals surface area (Å²) in [7, 11) is 0. The van der Waals surface area contributed by atoms with E-state index in [9.17, 15) is 4.79 Å². The van der Waals surface area contributed by atoms with Crippen LogP contribution in [0.5, 0.6) is 0 Å². The van der Waals surface area contributed by atoms with Crippen LogP contribution in [0.3, 0.4) is 0 Å². The molecule has 2 aliphatic heterocycles. The maximum atomic E-state index is 13.2. The second kappa shape index (κ2) is 11.1. The normalized spacial score (nSPS) is 20.7. The van der Waals surface area contributed by atoms with E-state index in [1.807, 2.05) is 6.07 Å². The number of piperidine rings is 1. The minimum absolute atomic E-state index is 0.126. The lowest BCUT2D eigenvalue weighted by atomic mass is 9.81. The number of carbonyl (C=O) groups excluding carboxylic acids is 1. The van der Waals surface area contributed by atoms with E-state index >= 15 is 0 Å². The van der Waals surface area contributed by atoms with E-state index in [0.29, 0.717) is 24.2 Å². The van der Waals surface area contributed by atoms with Gasteiger partial charge in [0.05, 0.1) is 5.69 Å². The molecule has 2 atom stereocenters. The molecule has 6 heteroatoms. The number of hydrogen-bond donors (Lipinski definition) is 1. The highest BCUT2D eigenvalue weighted by Gasteiger charge is 2.31. The molecular formula is C31H40N4O2. The summed E-state index contributed by atoms with van der Waals surface area (Å²) < 4.78 is 5.73. The lowest BCUT2D eigenvalue weighted by Gasteiger charge is -2.38. The van der Waals surface area contributed by atoms with Gasteiger partial charge in [-0.15, -0.1) is 0 Å². The average molecular weight is 501 g/mol. The van der Waals surface area contributed by atoms with Gasteiger partial charge in [0.25, 0.3) is 0 Å². The summed E-state index contributed by atoms with van der Waals surface area (Å²) in [5.41, 5.74) is 4.69. The molecule has 6 nitrogen and oxygen atoms in total. The summed E-state index contributed by atoms with van der Waals surface area (Å²) in [5, 5.41) is 7.93. The summed E-state index contributed by atoms with van der Waals surface area (Å²) in [6.07, 6.45) is 2.48. The lowest BCUT2D eigenvalue weighted by molar-refractivity contribution is -0.133. The van der Waals surface area contributed by atoms with E-state index in [2.05, 4.69) is 95.6 Å². The van der Waals surface area contributed by atoms with Crippen molar-refractivity contribution in [3.05, 3.63) is 71.9 Å². The van der Waals surface area contributed by atoms with Gasteiger partial charge in [0.1, 0.15) is 0 Å². The van der Waals surface area contributed by atoms with Gasteiger partial charge in [0, 0.05) is 49.9 Å². The molecule has 0 bridgehead atoms. The predicted octanol–water partition coefficient (Wildman–Crippen LogP) is 5.15. The molecule has 2 aromatic carbocycles. The number of piperazine rings is 1. The standard InChI is InChI=1S/C31H40N4O2/c1-31(2,3)26-11-9-23(10-12-26)29-21-27(33-37-29)19-25-22-32-14-13-24(25)20-30(36)35-17-15-34(16-18-35)28-7-5-4-6-8-28/h4-12,21,24-25,32H,13-20,22H2,1-3H3. The SMILES string of the molecule is CC(C)(C)c1ccc(-c2cc(CC3CNCCC3CC(=O)N3CCN(c4ccccc4)CC3)no2)cc1. The quantitative estimate of drug-likeness (QED) is 0.507. The monoisotopic (exact) mass is 500 g/mol. The first-order chi connectivity index (χ1) is 17.9. The molecule has 1 amide bonds. The summed E-state index contributed by atoms with van der Waals surface area (Å²) in [4.78, 5) is 17.7. The highest BCUT2D eigenvalue weighted by molar-refractivity contribution is 5.77. The van der Waals surface area contributed by atoms with Crippen molar-refractivity contribution in [2.24, 2.45) is 11.8 Å². The number of benzene rings is 2. The molecule has 1 N–H and O–H groups in total. The van der Waals surface area contributed by atoms with Crippen molar-refractivity contribution in [1.82, 2.24) is 15.4 Å². The number of rotatable bonds is 6. The first-order valence-electron chi connectivity index (χ1n) is 13.7. The number of carbonyl (C=O) groups is 1. The molecular weight excluding hydrogens is 460 g/mol. The zero-order valence-electron chi connectivity index (χ0n) is 22.5. The maximum Gasteiger partial charge on any atom is 0.222 e. The summed E-state index contributed by atoms with van der Waals surface area (Å²) >= 11 is 0. The van der Waals surface area contributed by atoms with Gasteiger partial charge < -0.3 is 19.6 Å². The average Bonchev–Trinajstić information content (AvgIpc) is 3.38. The minimum Gasteiger partial charge on any atom is -0.368 e. The summed E-state index contributed by atoms with van der Waals surface area (Å²) in [6, 6.07) is 21.1. The van der Waals surface area contributed by atoms with Crippen molar-refractivity contribution in [1.29, 1.82) is 0 Å². The van der Waals surface area contributed by atoms with Gasteiger partial charge >= 0.3 is 0 Å². The highest BCUT2D eigenvalue weighted by Crippen LogP contribution is 2.30. The van der Waals surface area contributed by atoms with Crippen LogP contribution in [0.4, 0.5) is 5.69 Å². The van der Waals surface area contributed by atoms with Crippen molar-refractivity contribution in [2.45, 2.75) is 45.4 Å². The van der Waals surface area contributed by atoms with Crippen LogP contribution in [0, 0.1) is 11.8 Å². The Kier molecular flexibility index (Phi) is 7.65. The molecule has 2 fully saturated rings. The summed E-state index contributed by atoms with van der Waals surface area (Å²) in [6.45, 7) is 11.9. The van der Waals surface area contributed by atoms with Crippen LogP contribution in [0.1, 0.15) is 44.9 Å². The zero-order valence-corrected chi connectivity index (χ0v) is 22.5. The van der Waals surface area contributed by atoms with Crippen molar-refractivity contribution in [3.8, 4) is 11.3 Å². The molecule has 2 unspecified atom stereocenters. The highest BCUT2D eigenvalue weighted by atomic mass is 16.5. The molecule has 0 saturated carbocycles. The van der Waals surface area contributed by atoms with Crippen molar-refractivity contribution in [3.63, 3.8) is 0 Å². The van der Waals surface area contributed by atoms with Gasteiger partial charge in [-0.1, -0.05) is 68.4 Å². The number of nitrogens with zero attached hydrogens (tertiary/aromatic N) is 3. The molecule has 196 valence electrons. The number of nitrogens with one attached hydrogen (secondary N) is 1. The third-order valence-electron chi connectivity index (χ3n) is 8.02. The van der Waals surface area contributed by atoms with Gasteiger partial charge in [0.2, 0.25) is 5.91 Å². The van der Waals surface area contributed by atoms with E-state index in [0.717, 1.165) is 69.1 Å². The molecule has 0 spiro atoms. The fourth-order valence-electron chi connectivity index (χ4n) is 5.64. The first kappa shape index (κ1) is 25.5. The van der Waals surface area contributed by atoms with Crippen LogP contribution in [0.15, 0.2) is 65.2 Å². The largest absolute Gasteiger partial charge is 0.368 e. The van der Waals surface area contributed by atoms with Crippen LogP contribution >= 0.6 is 0 Å². The van der Waals surface area contributed by atoms with Crippen LogP contribution in [-0.4, -0.2) is 55.2 Å². The molecule has 3 heterocycles. The number of para-hydroxylation sites is 1. The van der Waals surface area contributed by atoms with Crippen LogP contribution in [0.2, 0.25) is 0 Å². The van der Waals surface area contributed by atoms with Crippen LogP contribution in [0.25, 0.3) is 11.3 Å². The topological polar surface area (TPSA) is 61.6 Å². The Labute approximate surface area is 221 Å². The Bertz CT molecular complexity index is 1160. The van der Waals surface area contributed by atoms with E-state index in [-0.39, 0.29) is 5.41 Å². The number of anilines is 1. The van der Waals surface area contributed by atoms with Crippen LogP contribution in [-0.2, 0) is 16.6 Å². The molecule has 2 aliphatic rings. The number of hydrogen-bond acceptors (Lipinski definition) is 5. The summed E-state index contributed by atoms with van der Waals surface area (Å²) in [5.74, 6) is 1.85. The number of aromatic nitrogens is 1. The van der Waals surface area contributed by atoms with E-state index in [4.69, 9.17) is 4.52 Å². The lowest BCUT2D eigenvalue weighted by Crippen LogP contribution is -2.50. The van der Waals surface area contributed by atoms with E-state index < -0.39 is 0 Å². The van der Waals surface area contributed by atoms with Gasteiger partial charge in [-0.25, -0.2) is 0 Å². The van der Waals surface area contributed by atoms with Crippen LogP contribution < -0.4 is 10.2 Å². The second-order valence-electron chi connectivity index (χ2n) is 11.6. The Morgan fingerprint density at radius 2 is 1.73 bits per heavy atom. The van der Waals surface area contributed by atoms with E-state index in [1.54, 1.807) is 0 Å². The Morgan fingerprint density at radius 3 is 2.43 bits per heavy atom. The molecule has 0 aliphatic carbocycles. The van der Waals surface area contributed by atoms with Crippen molar-refractivity contribution in [2.75, 3.05) is 44.2 Å². The van der Waals surface area contributed by atoms with Gasteiger partial charge in [-0.3, -0.25) is 4.79 Å². The Hall–Kier alpha value is -3.12. The fourth-order valence-corrected chi connectivity index (χ4v) is 5.64. The Balaban J connectivity index is 1.17. The van der Waals surface area contributed by atoms with Gasteiger partial charge in [-0.2, -0.15) is 0 Å². The van der Waals surface area contributed by atoms with Gasteiger partial charge in [0.15, 0.2) is 5.76 Å². The van der Waals surface area contributed by atoms with Crippen molar-refractivity contribution >= 4 is 11.6 Å². The fraction of sp³-hybridized carbons (Fsp3) is 0.484. The molecule has 0 radical (unpaired) electrons. The molecule has 1 aromatic heterocycles. The maximum absolute atomic E-state index is 13.2. The van der Waals surface area contributed by atoms with Crippen molar-refractivity contribution < 1.29 is 9.32 Å². The molecule has 3 aromatic rings. The first-order valence-corrected chi connectivity index (χ1v) is 13.7. The Morgan fingerprint density at radius 1 is 1.00 bits per heavy atom. The van der Waals surface area contributed by atoms with Gasteiger partial charge in [-0.05, 0) is 60.9 Å². The second-order valence-corrected chi connectivity index (χ2v) is 11.6. The third-order valence-corrected chi connectivity index (χ3v) is 8.02. The zero-order chi connectivity index (χ0) is 25.8. The minimum atomic E-state index is 0.126. The smallest absolute Gasteiger partial charge is 0.222 e. The van der Waals surface area contributed by atoms with E-state index in [1.165, 1.54) is 11.3 Å². The molecule has 5 rings (SSSR count). The third kappa shape index (κ3) is 6.24.